The van der Waals surface area contributed by atoms with E-state index in [9.17, 15) is 0 Å². The largest absolute Gasteiger partial charge is 0.330 e. The lowest BCUT2D eigenvalue weighted by molar-refractivity contribution is 0.376. The second-order valence-electron chi connectivity index (χ2n) is 4.78. The fraction of sp³-hybridized carbons (Fsp3) is 0.571. The fourth-order valence-corrected chi connectivity index (χ4v) is 2.51. The highest BCUT2D eigenvalue weighted by molar-refractivity contribution is 5.24. The van der Waals surface area contributed by atoms with E-state index in [2.05, 4.69) is 29.6 Å². The maximum atomic E-state index is 5.58. The number of benzene rings is 1. The molecular formula is C14H22N2. The van der Waals surface area contributed by atoms with Crippen molar-refractivity contribution in [3.05, 3.63) is 35.4 Å². The molecular weight excluding hydrogens is 196 g/mol. The summed E-state index contributed by atoms with van der Waals surface area (Å²) < 4.78 is 0. The number of piperidine rings is 1. The van der Waals surface area contributed by atoms with Crippen molar-refractivity contribution in [1.29, 1.82) is 0 Å². The first-order valence-electron chi connectivity index (χ1n) is 6.37. The summed E-state index contributed by atoms with van der Waals surface area (Å²) in [4.78, 5) is 0. The summed E-state index contributed by atoms with van der Waals surface area (Å²) in [5, 5.41) is 3.47. The molecule has 0 aliphatic carbocycles. The van der Waals surface area contributed by atoms with Gasteiger partial charge in [0.1, 0.15) is 0 Å². The van der Waals surface area contributed by atoms with E-state index in [-0.39, 0.29) is 0 Å². The zero-order chi connectivity index (χ0) is 11.2. The summed E-state index contributed by atoms with van der Waals surface area (Å²) >= 11 is 0. The number of hydrogen-bond acceptors (Lipinski definition) is 2. The molecule has 0 bridgehead atoms. The molecule has 1 aromatic rings. The van der Waals surface area contributed by atoms with Crippen molar-refractivity contribution in [2.75, 3.05) is 19.6 Å². The lowest BCUT2D eigenvalue weighted by Gasteiger charge is -2.22. The molecule has 1 aliphatic rings. The van der Waals surface area contributed by atoms with Crippen LogP contribution >= 0.6 is 0 Å². The molecule has 1 atom stereocenters. The monoisotopic (exact) mass is 218 g/mol. The van der Waals surface area contributed by atoms with Crippen LogP contribution in [0.1, 0.15) is 24.0 Å². The second kappa shape index (κ2) is 6.02. The van der Waals surface area contributed by atoms with Crippen molar-refractivity contribution < 1.29 is 0 Å². The Bertz CT molecular complexity index is 316. The van der Waals surface area contributed by atoms with Gasteiger partial charge in [-0.3, -0.25) is 0 Å². The minimum Gasteiger partial charge on any atom is -0.330 e. The standard InChI is InChI=1S/C14H22N2/c15-7-6-12-3-1-4-13(9-12)10-14-5-2-8-16-11-14/h1,3-4,9,14,16H,2,5-8,10-11,15H2. The Morgan fingerprint density at radius 3 is 2.94 bits per heavy atom. The number of rotatable bonds is 4. The van der Waals surface area contributed by atoms with Crippen LogP contribution in [-0.4, -0.2) is 19.6 Å². The van der Waals surface area contributed by atoms with E-state index >= 15 is 0 Å². The fourth-order valence-electron chi connectivity index (χ4n) is 2.51. The van der Waals surface area contributed by atoms with Crippen molar-refractivity contribution >= 4 is 0 Å². The van der Waals surface area contributed by atoms with Gasteiger partial charge in [-0.25, -0.2) is 0 Å². The van der Waals surface area contributed by atoms with Gasteiger partial charge in [-0.1, -0.05) is 24.3 Å². The van der Waals surface area contributed by atoms with Crippen LogP contribution in [0.2, 0.25) is 0 Å². The van der Waals surface area contributed by atoms with Gasteiger partial charge < -0.3 is 11.1 Å². The lowest BCUT2D eigenvalue weighted by atomic mass is 9.91. The van der Waals surface area contributed by atoms with Crippen LogP contribution in [0.3, 0.4) is 0 Å². The summed E-state index contributed by atoms with van der Waals surface area (Å²) in [5.41, 5.74) is 8.44. The average molecular weight is 218 g/mol. The van der Waals surface area contributed by atoms with E-state index in [4.69, 9.17) is 5.73 Å². The van der Waals surface area contributed by atoms with Gasteiger partial charge in [0.05, 0.1) is 0 Å². The highest BCUT2D eigenvalue weighted by Gasteiger charge is 2.13. The van der Waals surface area contributed by atoms with Crippen molar-refractivity contribution in [3.8, 4) is 0 Å². The van der Waals surface area contributed by atoms with Crippen molar-refractivity contribution in [2.24, 2.45) is 11.7 Å². The first-order chi connectivity index (χ1) is 7.88. The molecule has 0 aromatic heterocycles. The van der Waals surface area contributed by atoms with Crippen molar-refractivity contribution in [2.45, 2.75) is 25.7 Å². The normalized spacial score (nSPS) is 20.9. The highest BCUT2D eigenvalue weighted by atomic mass is 14.9. The van der Waals surface area contributed by atoms with E-state index in [1.807, 2.05) is 0 Å². The van der Waals surface area contributed by atoms with Gasteiger partial charge >= 0.3 is 0 Å². The Labute approximate surface area is 98.2 Å². The van der Waals surface area contributed by atoms with Gasteiger partial charge in [0.25, 0.3) is 0 Å². The van der Waals surface area contributed by atoms with Crippen LogP contribution in [-0.2, 0) is 12.8 Å². The maximum Gasteiger partial charge on any atom is -0.00173 e. The molecule has 1 saturated heterocycles. The van der Waals surface area contributed by atoms with Crippen LogP contribution in [0.4, 0.5) is 0 Å². The minimum atomic E-state index is 0.744. The highest BCUT2D eigenvalue weighted by Crippen LogP contribution is 2.17. The molecule has 0 radical (unpaired) electrons. The molecule has 88 valence electrons. The molecule has 2 rings (SSSR count). The van der Waals surface area contributed by atoms with Crippen LogP contribution < -0.4 is 11.1 Å². The maximum absolute atomic E-state index is 5.58. The van der Waals surface area contributed by atoms with E-state index in [0.717, 1.165) is 18.9 Å². The van der Waals surface area contributed by atoms with Gasteiger partial charge in [-0.05, 0) is 62.4 Å². The molecule has 1 heterocycles. The Morgan fingerprint density at radius 1 is 1.31 bits per heavy atom. The molecule has 3 N–H and O–H groups in total. The Morgan fingerprint density at radius 2 is 2.19 bits per heavy atom. The summed E-state index contributed by atoms with van der Waals surface area (Å²) in [6.07, 6.45) is 4.91. The first-order valence-corrected chi connectivity index (χ1v) is 6.37. The van der Waals surface area contributed by atoms with Gasteiger partial charge in [0.15, 0.2) is 0 Å². The molecule has 1 fully saturated rings. The van der Waals surface area contributed by atoms with Gasteiger partial charge in [0.2, 0.25) is 0 Å². The average Bonchev–Trinajstić information content (AvgIpc) is 2.31. The molecule has 1 aliphatic heterocycles. The third kappa shape index (κ3) is 3.32. The second-order valence-corrected chi connectivity index (χ2v) is 4.78. The number of nitrogens with two attached hydrogens (primary N) is 1. The van der Waals surface area contributed by atoms with E-state index in [0.29, 0.717) is 0 Å². The number of hydrogen-bond donors (Lipinski definition) is 2. The van der Waals surface area contributed by atoms with Crippen molar-refractivity contribution in [1.82, 2.24) is 5.32 Å². The molecule has 2 heteroatoms. The van der Waals surface area contributed by atoms with E-state index in [1.54, 1.807) is 0 Å². The summed E-state index contributed by atoms with van der Waals surface area (Å²) in [6.45, 7) is 3.12. The van der Waals surface area contributed by atoms with Crippen LogP contribution in [0.5, 0.6) is 0 Å². The molecule has 0 saturated carbocycles. The van der Waals surface area contributed by atoms with E-state index < -0.39 is 0 Å². The summed E-state index contributed by atoms with van der Waals surface area (Å²) in [7, 11) is 0. The zero-order valence-corrected chi connectivity index (χ0v) is 9.91. The predicted octanol–water partition coefficient (Wildman–Crippen LogP) is 1.73. The predicted molar refractivity (Wildman–Crippen MR) is 68.5 cm³/mol. The minimum absolute atomic E-state index is 0.744. The quantitative estimate of drug-likeness (QED) is 0.807. The first kappa shape index (κ1) is 11.6. The SMILES string of the molecule is NCCc1cccc(CC2CCCNC2)c1. The summed E-state index contributed by atoms with van der Waals surface area (Å²) in [5.74, 6) is 0.821. The van der Waals surface area contributed by atoms with Gasteiger partial charge in [0, 0.05) is 0 Å². The van der Waals surface area contributed by atoms with E-state index in [1.165, 1.54) is 43.5 Å². The molecule has 2 nitrogen and oxygen atoms in total. The lowest BCUT2D eigenvalue weighted by Crippen LogP contribution is -2.30. The molecule has 16 heavy (non-hydrogen) atoms. The Balaban J connectivity index is 1.94. The molecule has 0 spiro atoms. The smallest absolute Gasteiger partial charge is 0.00173 e. The topological polar surface area (TPSA) is 38.0 Å². The Kier molecular flexibility index (Phi) is 4.37. The van der Waals surface area contributed by atoms with Crippen LogP contribution in [0.15, 0.2) is 24.3 Å². The van der Waals surface area contributed by atoms with Crippen LogP contribution in [0, 0.1) is 5.92 Å². The van der Waals surface area contributed by atoms with Crippen molar-refractivity contribution in [3.63, 3.8) is 0 Å². The number of nitrogens with one attached hydrogen (secondary N) is 1. The third-order valence-electron chi connectivity index (χ3n) is 3.35. The van der Waals surface area contributed by atoms with Crippen LogP contribution in [0.25, 0.3) is 0 Å². The van der Waals surface area contributed by atoms with Gasteiger partial charge in [-0.2, -0.15) is 0 Å². The zero-order valence-electron chi connectivity index (χ0n) is 9.91. The van der Waals surface area contributed by atoms with Gasteiger partial charge in [-0.15, -0.1) is 0 Å². The molecule has 1 aromatic carbocycles. The molecule has 0 amide bonds. The summed E-state index contributed by atoms with van der Waals surface area (Å²) in [6, 6.07) is 8.90. The third-order valence-corrected chi connectivity index (χ3v) is 3.35. The Hall–Kier alpha value is -0.860. The molecule has 1 unspecified atom stereocenters.